The van der Waals surface area contributed by atoms with Gasteiger partial charge in [-0.05, 0) is 0 Å². The summed E-state index contributed by atoms with van der Waals surface area (Å²) in [5.41, 5.74) is 5.24. The van der Waals surface area contributed by atoms with Crippen molar-refractivity contribution in [1.29, 1.82) is 0 Å². The lowest BCUT2D eigenvalue weighted by Gasteiger charge is -2.21. The molecule has 0 aromatic carbocycles. The number of nitrogen functional groups attached to an aromatic ring is 1. The third kappa shape index (κ3) is 1.92. The first-order chi connectivity index (χ1) is 7.99. The average molecular weight is 237 g/mol. The number of rotatable bonds is 1. The molecule has 0 bridgehead atoms. The zero-order valence-electron chi connectivity index (χ0n) is 9.00. The lowest BCUT2D eigenvalue weighted by atomic mass is 10.2. The predicted molar refractivity (Wildman–Crippen MR) is 61.7 cm³/mol. The number of ketones is 1. The monoisotopic (exact) mass is 237 g/mol. The van der Waals surface area contributed by atoms with Gasteiger partial charge in [0.25, 0.3) is 5.56 Å². The molecule has 0 saturated carbocycles. The molecule has 2 rings (SSSR count). The number of hydrogen-bond donors (Lipinski definition) is 5. The van der Waals surface area contributed by atoms with Crippen LogP contribution in [0.4, 0.5) is 17.5 Å². The molecule has 1 aromatic rings. The maximum Gasteiger partial charge on any atom is 0.278 e. The van der Waals surface area contributed by atoms with E-state index < -0.39 is 17.1 Å². The van der Waals surface area contributed by atoms with Gasteiger partial charge in [-0.3, -0.25) is 14.6 Å². The Labute approximate surface area is 95.6 Å². The number of anilines is 3. The van der Waals surface area contributed by atoms with E-state index in [9.17, 15) is 14.7 Å². The number of H-pyrrole nitrogens is 1. The van der Waals surface area contributed by atoms with Crippen molar-refractivity contribution >= 4 is 23.2 Å². The Morgan fingerprint density at radius 2 is 2.24 bits per heavy atom. The zero-order valence-corrected chi connectivity index (χ0v) is 9.00. The van der Waals surface area contributed by atoms with E-state index in [4.69, 9.17) is 5.73 Å². The lowest BCUT2D eigenvalue weighted by molar-refractivity contribution is -0.116. The largest absolute Gasteiger partial charge is 0.503 e. The molecular formula is C9H11N5O3. The molecule has 8 nitrogen and oxygen atoms in total. The predicted octanol–water partition coefficient (Wildman–Crippen LogP) is -0.452. The topological polar surface area (TPSA) is 133 Å². The standard InChI is InChI=1S/C9H11N5O3/c1-3(15)6(16)4-2-11-7-5(12-4)8(17)14-9(10)13-7/h12,16H,2H2,1H3,(H4,10,11,13,14,17). The van der Waals surface area contributed by atoms with E-state index in [1.54, 1.807) is 0 Å². The summed E-state index contributed by atoms with van der Waals surface area (Å²) in [4.78, 5) is 28.7. The molecule has 1 aromatic heterocycles. The number of aromatic nitrogens is 2. The Kier molecular flexibility index (Phi) is 2.47. The number of allylic oxidation sites excluding steroid dienone is 1. The number of nitrogens with zero attached hydrogens (tertiary/aromatic N) is 1. The first kappa shape index (κ1) is 11.0. The first-order valence-corrected chi connectivity index (χ1v) is 4.82. The Hall–Kier alpha value is -2.51. The van der Waals surface area contributed by atoms with Gasteiger partial charge in [-0.1, -0.05) is 0 Å². The van der Waals surface area contributed by atoms with Gasteiger partial charge in [0, 0.05) is 6.92 Å². The highest BCUT2D eigenvalue weighted by atomic mass is 16.3. The van der Waals surface area contributed by atoms with Gasteiger partial charge < -0.3 is 21.5 Å². The summed E-state index contributed by atoms with van der Waals surface area (Å²) in [5, 5.41) is 14.9. The van der Waals surface area contributed by atoms with Gasteiger partial charge >= 0.3 is 0 Å². The number of aliphatic hydroxyl groups is 1. The van der Waals surface area contributed by atoms with Gasteiger partial charge in [0.2, 0.25) is 5.95 Å². The van der Waals surface area contributed by atoms with Crippen molar-refractivity contribution in [2.45, 2.75) is 6.92 Å². The molecule has 17 heavy (non-hydrogen) atoms. The molecule has 0 unspecified atom stereocenters. The Morgan fingerprint density at radius 3 is 2.88 bits per heavy atom. The van der Waals surface area contributed by atoms with Gasteiger partial charge in [-0.2, -0.15) is 4.98 Å². The van der Waals surface area contributed by atoms with Crippen molar-refractivity contribution in [2.75, 3.05) is 22.9 Å². The number of carbonyl (C=O) groups is 1. The van der Waals surface area contributed by atoms with E-state index in [1.807, 2.05) is 0 Å². The number of hydrogen-bond acceptors (Lipinski definition) is 7. The highest BCUT2D eigenvalue weighted by Crippen LogP contribution is 2.22. The Morgan fingerprint density at radius 1 is 1.53 bits per heavy atom. The zero-order chi connectivity index (χ0) is 12.6. The van der Waals surface area contributed by atoms with E-state index in [1.165, 1.54) is 6.92 Å². The van der Waals surface area contributed by atoms with Crippen molar-refractivity contribution < 1.29 is 9.90 Å². The molecule has 8 heteroatoms. The highest BCUT2D eigenvalue weighted by molar-refractivity contribution is 5.92. The fraction of sp³-hybridized carbons (Fsp3) is 0.222. The van der Waals surface area contributed by atoms with Crippen molar-refractivity contribution in [2.24, 2.45) is 0 Å². The van der Waals surface area contributed by atoms with Crippen molar-refractivity contribution in [3.8, 4) is 0 Å². The molecule has 1 aliphatic rings. The van der Waals surface area contributed by atoms with Gasteiger partial charge in [0.1, 0.15) is 5.69 Å². The van der Waals surface area contributed by atoms with Crippen LogP contribution in [-0.4, -0.2) is 27.4 Å². The SMILES string of the molecule is CC(=O)C(O)=C1CNc2nc(N)[nH]c(=O)c2N1. The molecule has 0 amide bonds. The third-order valence-electron chi connectivity index (χ3n) is 2.27. The van der Waals surface area contributed by atoms with Crippen LogP contribution >= 0.6 is 0 Å². The summed E-state index contributed by atoms with van der Waals surface area (Å²) in [7, 11) is 0. The van der Waals surface area contributed by atoms with E-state index in [2.05, 4.69) is 20.6 Å². The van der Waals surface area contributed by atoms with Crippen LogP contribution in [0.5, 0.6) is 0 Å². The van der Waals surface area contributed by atoms with Gasteiger partial charge in [-0.25, -0.2) is 0 Å². The molecule has 0 spiro atoms. The Balaban J connectivity index is 2.47. The number of Topliss-reactive ketones (excluding diaryl/α,β-unsaturated/α-hetero) is 1. The summed E-state index contributed by atoms with van der Waals surface area (Å²) < 4.78 is 0. The summed E-state index contributed by atoms with van der Waals surface area (Å²) in [6, 6.07) is 0. The van der Waals surface area contributed by atoms with Crippen molar-refractivity contribution in [1.82, 2.24) is 9.97 Å². The van der Waals surface area contributed by atoms with E-state index in [0.29, 0.717) is 0 Å². The second kappa shape index (κ2) is 3.81. The summed E-state index contributed by atoms with van der Waals surface area (Å²) in [5.74, 6) is -0.630. The Bertz CT molecular complexity index is 574. The van der Waals surface area contributed by atoms with Crippen LogP contribution in [-0.2, 0) is 4.79 Å². The molecule has 0 fully saturated rings. The number of carbonyl (C=O) groups excluding carboxylic acids is 1. The molecule has 0 saturated heterocycles. The molecule has 0 atom stereocenters. The van der Waals surface area contributed by atoms with Crippen LogP contribution in [0.1, 0.15) is 6.92 Å². The second-order valence-corrected chi connectivity index (χ2v) is 3.54. The van der Waals surface area contributed by atoms with Gasteiger partial charge in [0.15, 0.2) is 17.4 Å². The van der Waals surface area contributed by atoms with Crippen molar-refractivity contribution in [3.05, 3.63) is 21.8 Å². The van der Waals surface area contributed by atoms with Gasteiger partial charge in [0.05, 0.1) is 12.2 Å². The average Bonchev–Trinajstić information content (AvgIpc) is 2.27. The number of aliphatic hydroxyl groups excluding tert-OH is 1. The number of nitrogens with one attached hydrogen (secondary N) is 3. The smallest absolute Gasteiger partial charge is 0.278 e. The fourth-order valence-corrected chi connectivity index (χ4v) is 1.46. The number of fused-ring (bicyclic) bond motifs is 1. The van der Waals surface area contributed by atoms with Crippen LogP contribution in [0.3, 0.4) is 0 Å². The minimum Gasteiger partial charge on any atom is -0.503 e. The molecule has 1 aliphatic heterocycles. The summed E-state index contributed by atoms with van der Waals surface area (Å²) >= 11 is 0. The molecule has 0 aliphatic carbocycles. The molecule has 90 valence electrons. The van der Waals surface area contributed by atoms with Crippen LogP contribution in [0.25, 0.3) is 0 Å². The normalized spacial score (nSPS) is 16.5. The van der Waals surface area contributed by atoms with Crippen molar-refractivity contribution in [3.63, 3.8) is 0 Å². The van der Waals surface area contributed by atoms with Gasteiger partial charge in [-0.15, -0.1) is 0 Å². The maximum absolute atomic E-state index is 11.6. The van der Waals surface area contributed by atoms with Crippen LogP contribution in [0, 0.1) is 0 Å². The van der Waals surface area contributed by atoms with Crippen LogP contribution in [0.15, 0.2) is 16.3 Å². The summed E-state index contributed by atoms with van der Waals surface area (Å²) in [6.07, 6.45) is 0. The van der Waals surface area contributed by atoms with Crippen LogP contribution in [0.2, 0.25) is 0 Å². The quantitative estimate of drug-likeness (QED) is 0.330. The molecule has 6 N–H and O–H groups in total. The number of aromatic amines is 1. The van der Waals surface area contributed by atoms with Crippen LogP contribution < -0.4 is 21.9 Å². The third-order valence-corrected chi connectivity index (χ3v) is 2.27. The minimum absolute atomic E-state index is 0.00808. The second-order valence-electron chi connectivity index (χ2n) is 3.54. The van der Waals surface area contributed by atoms with E-state index in [0.717, 1.165) is 0 Å². The fourth-order valence-electron chi connectivity index (χ4n) is 1.46. The molecular weight excluding hydrogens is 226 g/mol. The minimum atomic E-state index is -0.488. The molecule has 2 heterocycles. The number of nitrogens with two attached hydrogens (primary N) is 1. The summed E-state index contributed by atoms with van der Waals surface area (Å²) in [6.45, 7) is 1.39. The van der Waals surface area contributed by atoms with E-state index >= 15 is 0 Å². The molecule has 0 radical (unpaired) electrons. The first-order valence-electron chi connectivity index (χ1n) is 4.82. The maximum atomic E-state index is 11.6. The van der Waals surface area contributed by atoms with E-state index in [-0.39, 0.29) is 29.7 Å². The highest BCUT2D eigenvalue weighted by Gasteiger charge is 2.21. The lowest BCUT2D eigenvalue weighted by Crippen LogP contribution is -2.29.